The van der Waals surface area contributed by atoms with Crippen molar-refractivity contribution in [3.63, 3.8) is 0 Å². The Hall–Kier alpha value is -0.910. The van der Waals surface area contributed by atoms with Crippen LogP contribution in [0.5, 0.6) is 0 Å². The van der Waals surface area contributed by atoms with Gasteiger partial charge in [0.25, 0.3) is 0 Å². The highest BCUT2D eigenvalue weighted by Crippen LogP contribution is 2.25. The zero-order valence-corrected chi connectivity index (χ0v) is 14.8. The van der Waals surface area contributed by atoms with Crippen LogP contribution in [0.4, 0.5) is 0 Å². The summed E-state index contributed by atoms with van der Waals surface area (Å²) in [6, 6.07) is 6.97. The molecule has 23 heavy (non-hydrogen) atoms. The van der Waals surface area contributed by atoms with Crippen LogP contribution in [0, 0.1) is 0 Å². The summed E-state index contributed by atoms with van der Waals surface area (Å²) in [4.78, 5) is 2.35. The van der Waals surface area contributed by atoms with E-state index >= 15 is 0 Å². The first-order valence-corrected chi connectivity index (χ1v) is 10.4. The normalized spacial score (nSPS) is 22.6. The van der Waals surface area contributed by atoms with Gasteiger partial charge in [-0.3, -0.25) is 4.90 Å². The SMILES string of the molecule is COCCCN(Cc1ccc2c(c1)CCC2)C1CCS(=O)(=O)C1. The molecule has 1 aliphatic carbocycles. The molecule has 1 aliphatic heterocycles. The minimum atomic E-state index is -2.85. The topological polar surface area (TPSA) is 46.6 Å². The third-order valence-electron chi connectivity index (χ3n) is 5.07. The van der Waals surface area contributed by atoms with Gasteiger partial charge in [0.1, 0.15) is 0 Å². The van der Waals surface area contributed by atoms with Crippen LogP contribution >= 0.6 is 0 Å². The van der Waals surface area contributed by atoms with Crippen molar-refractivity contribution >= 4 is 9.84 Å². The molecular formula is C18H27NO3S. The first-order chi connectivity index (χ1) is 11.1. The molecule has 1 heterocycles. The number of fused-ring (bicyclic) bond motifs is 1. The average molecular weight is 337 g/mol. The Bertz CT molecular complexity index is 642. The Morgan fingerprint density at radius 2 is 2.09 bits per heavy atom. The molecule has 3 rings (SSSR count). The zero-order valence-electron chi connectivity index (χ0n) is 14.0. The molecule has 0 N–H and O–H groups in total. The second kappa shape index (κ2) is 7.32. The zero-order chi connectivity index (χ0) is 16.3. The van der Waals surface area contributed by atoms with Gasteiger partial charge in [0, 0.05) is 32.8 Å². The van der Waals surface area contributed by atoms with Gasteiger partial charge in [-0.2, -0.15) is 0 Å². The predicted molar refractivity (Wildman–Crippen MR) is 92.4 cm³/mol. The van der Waals surface area contributed by atoms with Crippen molar-refractivity contribution in [2.24, 2.45) is 0 Å². The van der Waals surface area contributed by atoms with Crippen molar-refractivity contribution in [3.05, 3.63) is 34.9 Å². The van der Waals surface area contributed by atoms with E-state index in [9.17, 15) is 8.42 Å². The molecule has 1 fully saturated rings. The van der Waals surface area contributed by atoms with Gasteiger partial charge >= 0.3 is 0 Å². The van der Waals surface area contributed by atoms with Crippen LogP contribution in [0.25, 0.3) is 0 Å². The molecule has 1 atom stereocenters. The Balaban J connectivity index is 1.70. The maximum Gasteiger partial charge on any atom is 0.151 e. The molecule has 0 radical (unpaired) electrons. The quantitative estimate of drug-likeness (QED) is 0.716. The van der Waals surface area contributed by atoms with E-state index in [4.69, 9.17) is 4.74 Å². The largest absolute Gasteiger partial charge is 0.385 e. The maximum absolute atomic E-state index is 11.8. The van der Waals surface area contributed by atoms with Crippen molar-refractivity contribution < 1.29 is 13.2 Å². The number of sulfone groups is 1. The molecule has 5 heteroatoms. The fourth-order valence-corrected chi connectivity index (χ4v) is 5.59. The summed E-state index contributed by atoms with van der Waals surface area (Å²) >= 11 is 0. The minimum absolute atomic E-state index is 0.158. The highest BCUT2D eigenvalue weighted by molar-refractivity contribution is 7.91. The first-order valence-electron chi connectivity index (χ1n) is 8.61. The molecule has 1 unspecified atom stereocenters. The molecule has 1 saturated heterocycles. The van der Waals surface area contributed by atoms with Crippen molar-refractivity contribution in [1.82, 2.24) is 4.90 Å². The monoisotopic (exact) mass is 337 g/mol. The number of rotatable bonds is 7. The molecule has 1 aromatic carbocycles. The van der Waals surface area contributed by atoms with Crippen LogP contribution in [0.15, 0.2) is 18.2 Å². The van der Waals surface area contributed by atoms with E-state index in [1.807, 2.05) is 0 Å². The van der Waals surface area contributed by atoms with Gasteiger partial charge in [-0.1, -0.05) is 18.2 Å². The Morgan fingerprint density at radius 1 is 1.26 bits per heavy atom. The summed E-state index contributed by atoms with van der Waals surface area (Å²) in [5, 5.41) is 0. The number of methoxy groups -OCH3 is 1. The van der Waals surface area contributed by atoms with E-state index in [2.05, 4.69) is 23.1 Å². The highest BCUT2D eigenvalue weighted by atomic mass is 32.2. The molecular weight excluding hydrogens is 310 g/mol. The van der Waals surface area contributed by atoms with Crippen molar-refractivity contribution in [2.75, 3.05) is 31.8 Å². The average Bonchev–Trinajstić information content (AvgIpc) is 3.12. The lowest BCUT2D eigenvalue weighted by atomic mass is 10.1. The van der Waals surface area contributed by atoms with Crippen molar-refractivity contribution in [1.29, 1.82) is 0 Å². The summed E-state index contributed by atoms with van der Waals surface area (Å²) in [6.45, 7) is 2.46. The first kappa shape index (κ1) is 16.9. The lowest BCUT2D eigenvalue weighted by Crippen LogP contribution is -2.37. The number of hydrogen-bond acceptors (Lipinski definition) is 4. The molecule has 2 aliphatic rings. The fourth-order valence-electron chi connectivity index (χ4n) is 3.82. The Labute approximate surface area is 139 Å². The molecule has 0 aromatic heterocycles. The van der Waals surface area contributed by atoms with E-state index in [-0.39, 0.29) is 6.04 Å². The van der Waals surface area contributed by atoms with Crippen LogP contribution < -0.4 is 0 Å². The van der Waals surface area contributed by atoms with Crippen LogP contribution in [0.2, 0.25) is 0 Å². The van der Waals surface area contributed by atoms with E-state index in [0.717, 1.165) is 32.5 Å². The molecule has 0 spiro atoms. The van der Waals surface area contributed by atoms with Crippen LogP contribution in [-0.4, -0.2) is 51.1 Å². The smallest absolute Gasteiger partial charge is 0.151 e. The highest BCUT2D eigenvalue weighted by Gasteiger charge is 2.32. The summed E-state index contributed by atoms with van der Waals surface area (Å²) in [5.41, 5.74) is 4.29. The summed E-state index contributed by atoms with van der Waals surface area (Å²) in [6.07, 6.45) is 5.36. The van der Waals surface area contributed by atoms with Gasteiger partial charge < -0.3 is 4.74 Å². The van der Waals surface area contributed by atoms with Crippen LogP contribution in [-0.2, 0) is 34.0 Å². The number of hydrogen-bond donors (Lipinski definition) is 0. The third-order valence-corrected chi connectivity index (χ3v) is 6.82. The van der Waals surface area contributed by atoms with Gasteiger partial charge in [-0.25, -0.2) is 8.42 Å². The van der Waals surface area contributed by atoms with Gasteiger partial charge in [0.2, 0.25) is 0 Å². The van der Waals surface area contributed by atoms with Gasteiger partial charge in [0.05, 0.1) is 11.5 Å². The molecule has 0 amide bonds. The van der Waals surface area contributed by atoms with Gasteiger partial charge in [0.15, 0.2) is 9.84 Å². The Kier molecular flexibility index (Phi) is 5.39. The van der Waals surface area contributed by atoms with E-state index in [0.29, 0.717) is 11.5 Å². The summed E-state index contributed by atoms with van der Waals surface area (Å²) < 4.78 is 28.8. The molecule has 0 bridgehead atoms. The van der Waals surface area contributed by atoms with E-state index in [1.54, 1.807) is 7.11 Å². The molecule has 128 valence electrons. The lowest BCUT2D eigenvalue weighted by Gasteiger charge is -2.28. The van der Waals surface area contributed by atoms with E-state index in [1.165, 1.54) is 36.0 Å². The predicted octanol–water partition coefficient (Wildman–Crippen LogP) is 2.20. The minimum Gasteiger partial charge on any atom is -0.385 e. The standard InChI is InChI=1S/C18H27NO3S/c1-22-10-3-9-19(18-8-11-23(20,21)14-18)13-15-6-7-16-4-2-5-17(16)12-15/h6-7,12,18H,2-5,8-11,13-14H2,1H3. The number of nitrogens with zero attached hydrogens (tertiary/aromatic N) is 1. The number of aryl methyl sites for hydroxylation is 2. The van der Waals surface area contributed by atoms with Crippen molar-refractivity contribution in [2.45, 2.75) is 44.7 Å². The van der Waals surface area contributed by atoms with Crippen LogP contribution in [0.1, 0.15) is 36.0 Å². The summed E-state index contributed by atoms with van der Waals surface area (Å²) in [7, 11) is -1.13. The van der Waals surface area contributed by atoms with Gasteiger partial charge in [-0.05, 0) is 48.8 Å². The van der Waals surface area contributed by atoms with E-state index < -0.39 is 9.84 Å². The van der Waals surface area contributed by atoms with Crippen molar-refractivity contribution in [3.8, 4) is 0 Å². The second-order valence-corrected chi connectivity index (χ2v) is 9.06. The number of benzene rings is 1. The lowest BCUT2D eigenvalue weighted by molar-refractivity contribution is 0.150. The van der Waals surface area contributed by atoms with Gasteiger partial charge in [-0.15, -0.1) is 0 Å². The number of ether oxygens (including phenoxy) is 1. The molecule has 4 nitrogen and oxygen atoms in total. The fraction of sp³-hybridized carbons (Fsp3) is 0.667. The third kappa shape index (κ3) is 4.34. The Morgan fingerprint density at radius 3 is 2.83 bits per heavy atom. The molecule has 0 saturated carbocycles. The van der Waals surface area contributed by atoms with Crippen LogP contribution in [0.3, 0.4) is 0 Å². The maximum atomic E-state index is 11.8. The second-order valence-electron chi connectivity index (χ2n) is 6.83. The summed E-state index contributed by atoms with van der Waals surface area (Å²) in [5.74, 6) is 0.646. The molecule has 1 aromatic rings.